The Bertz CT molecular complexity index is 396. The molecule has 0 aliphatic rings. The van der Waals surface area contributed by atoms with E-state index in [4.69, 9.17) is 10.00 Å². The molecule has 0 saturated heterocycles. The van der Waals surface area contributed by atoms with Gasteiger partial charge in [-0.3, -0.25) is 0 Å². The zero-order valence-corrected chi connectivity index (χ0v) is 10.7. The first kappa shape index (κ1) is 15.4. The maximum absolute atomic E-state index is 11.5. The average Bonchev–Trinajstić information content (AvgIpc) is 2.28. The van der Waals surface area contributed by atoms with Gasteiger partial charge in [0.05, 0.1) is 17.2 Å². The summed E-state index contributed by atoms with van der Waals surface area (Å²) in [5.74, 6) is -0.355. The van der Waals surface area contributed by atoms with Gasteiger partial charge >= 0.3 is 5.97 Å². The summed E-state index contributed by atoms with van der Waals surface area (Å²) in [5.41, 5.74) is 1.00. The predicted octanol–water partition coefficient (Wildman–Crippen LogP) is 1.70. The van der Waals surface area contributed by atoms with E-state index in [1.807, 2.05) is 25.1 Å². The molecule has 0 bridgehead atoms. The van der Waals surface area contributed by atoms with Crippen LogP contribution in [0.5, 0.6) is 0 Å². The standard InChI is InChI=1S/C12H14N2O2.ClH/c1-14(2)7-8-16-12(15)11-5-3-10(9-13)4-6-11;/h3-6H,7-8H2,1-2H3;1H. The first-order valence-electron chi connectivity index (χ1n) is 4.95. The number of nitrogens with zero attached hydrogens (tertiary/aromatic N) is 2. The summed E-state index contributed by atoms with van der Waals surface area (Å²) < 4.78 is 5.05. The van der Waals surface area contributed by atoms with Crippen LogP contribution in [0.3, 0.4) is 0 Å². The third kappa shape index (κ3) is 5.34. The zero-order valence-electron chi connectivity index (χ0n) is 9.84. The van der Waals surface area contributed by atoms with Crippen molar-refractivity contribution in [2.24, 2.45) is 0 Å². The highest BCUT2D eigenvalue weighted by Crippen LogP contribution is 2.04. The van der Waals surface area contributed by atoms with Gasteiger partial charge < -0.3 is 9.64 Å². The summed E-state index contributed by atoms with van der Waals surface area (Å²) in [5, 5.41) is 8.60. The van der Waals surface area contributed by atoms with Gasteiger partial charge in [0.25, 0.3) is 0 Å². The molecule has 0 amide bonds. The SMILES string of the molecule is CN(C)CCOC(=O)c1ccc(C#N)cc1.Cl. The van der Waals surface area contributed by atoms with Crippen LogP contribution in [0, 0.1) is 11.3 Å². The van der Waals surface area contributed by atoms with Crippen LogP contribution >= 0.6 is 12.4 Å². The number of benzene rings is 1. The van der Waals surface area contributed by atoms with E-state index in [9.17, 15) is 4.79 Å². The van der Waals surface area contributed by atoms with Gasteiger partial charge in [0.15, 0.2) is 0 Å². The molecule has 0 radical (unpaired) electrons. The van der Waals surface area contributed by atoms with Crippen molar-refractivity contribution >= 4 is 18.4 Å². The summed E-state index contributed by atoms with van der Waals surface area (Å²) in [7, 11) is 3.82. The van der Waals surface area contributed by atoms with E-state index in [0.717, 1.165) is 0 Å². The van der Waals surface area contributed by atoms with Crippen LogP contribution in [0.25, 0.3) is 0 Å². The molecule has 1 rings (SSSR count). The predicted molar refractivity (Wildman–Crippen MR) is 67.2 cm³/mol. The van der Waals surface area contributed by atoms with Crippen LogP contribution in [0.2, 0.25) is 0 Å². The van der Waals surface area contributed by atoms with Crippen molar-refractivity contribution in [1.82, 2.24) is 4.90 Å². The van der Waals surface area contributed by atoms with Crippen LogP contribution in [-0.2, 0) is 4.74 Å². The molecule has 0 heterocycles. The summed E-state index contributed by atoms with van der Waals surface area (Å²) >= 11 is 0. The summed E-state index contributed by atoms with van der Waals surface area (Å²) in [4.78, 5) is 13.4. The molecule has 1 aromatic rings. The van der Waals surface area contributed by atoms with Crippen LogP contribution in [-0.4, -0.2) is 38.1 Å². The lowest BCUT2D eigenvalue weighted by molar-refractivity contribution is 0.0482. The van der Waals surface area contributed by atoms with Crippen LogP contribution < -0.4 is 0 Å². The Kier molecular flexibility index (Phi) is 6.95. The molecule has 0 aliphatic carbocycles. The van der Waals surface area contributed by atoms with Crippen molar-refractivity contribution in [3.8, 4) is 6.07 Å². The minimum Gasteiger partial charge on any atom is -0.461 e. The Morgan fingerprint density at radius 2 is 1.94 bits per heavy atom. The molecule has 0 unspecified atom stereocenters. The largest absolute Gasteiger partial charge is 0.461 e. The van der Waals surface area contributed by atoms with Gasteiger partial charge in [-0.2, -0.15) is 5.26 Å². The van der Waals surface area contributed by atoms with Gasteiger partial charge in [0, 0.05) is 6.54 Å². The number of esters is 1. The van der Waals surface area contributed by atoms with Gasteiger partial charge in [-0.15, -0.1) is 12.4 Å². The Balaban J connectivity index is 0.00000256. The molecule has 5 heteroatoms. The molecular weight excluding hydrogens is 240 g/mol. The number of nitriles is 1. The normalized spacial score (nSPS) is 9.29. The topological polar surface area (TPSA) is 53.3 Å². The second-order valence-corrected chi connectivity index (χ2v) is 3.63. The third-order valence-electron chi connectivity index (χ3n) is 2.02. The summed E-state index contributed by atoms with van der Waals surface area (Å²) in [6, 6.07) is 8.38. The number of hydrogen-bond donors (Lipinski definition) is 0. The highest BCUT2D eigenvalue weighted by Gasteiger charge is 2.06. The molecule has 0 N–H and O–H groups in total. The smallest absolute Gasteiger partial charge is 0.338 e. The van der Waals surface area contributed by atoms with E-state index in [2.05, 4.69) is 0 Å². The van der Waals surface area contributed by atoms with E-state index in [-0.39, 0.29) is 18.4 Å². The molecule has 0 atom stereocenters. The first-order chi connectivity index (χ1) is 7.63. The summed E-state index contributed by atoms with van der Waals surface area (Å²) in [6.45, 7) is 1.06. The Labute approximate surface area is 107 Å². The fourth-order valence-corrected chi connectivity index (χ4v) is 1.09. The van der Waals surface area contributed by atoms with E-state index in [1.54, 1.807) is 24.3 Å². The number of hydrogen-bond acceptors (Lipinski definition) is 4. The van der Waals surface area contributed by atoms with E-state index >= 15 is 0 Å². The molecule has 0 saturated carbocycles. The quantitative estimate of drug-likeness (QED) is 0.768. The van der Waals surface area contributed by atoms with Gasteiger partial charge in [-0.25, -0.2) is 4.79 Å². The molecule has 0 spiro atoms. The number of likely N-dealkylation sites (N-methyl/N-ethyl adjacent to an activating group) is 1. The molecule has 0 aliphatic heterocycles. The van der Waals surface area contributed by atoms with Crippen molar-refractivity contribution in [1.29, 1.82) is 5.26 Å². The minimum atomic E-state index is -0.355. The zero-order chi connectivity index (χ0) is 12.0. The van der Waals surface area contributed by atoms with Crippen molar-refractivity contribution in [2.45, 2.75) is 0 Å². The number of carbonyl (C=O) groups is 1. The molecule has 17 heavy (non-hydrogen) atoms. The number of carbonyl (C=O) groups excluding carboxylic acids is 1. The van der Waals surface area contributed by atoms with Crippen LogP contribution in [0.1, 0.15) is 15.9 Å². The van der Waals surface area contributed by atoms with Gasteiger partial charge in [-0.1, -0.05) is 0 Å². The second-order valence-electron chi connectivity index (χ2n) is 3.63. The lowest BCUT2D eigenvalue weighted by Gasteiger charge is -2.09. The molecule has 0 fully saturated rings. The van der Waals surface area contributed by atoms with Gasteiger partial charge in [0.1, 0.15) is 6.61 Å². The molecule has 92 valence electrons. The summed E-state index contributed by atoms with van der Waals surface area (Å²) in [6.07, 6.45) is 0. The van der Waals surface area contributed by atoms with Crippen LogP contribution in [0.4, 0.5) is 0 Å². The van der Waals surface area contributed by atoms with E-state index in [0.29, 0.717) is 24.3 Å². The van der Waals surface area contributed by atoms with Crippen molar-refractivity contribution < 1.29 is 9.53 Å². The van der Waals surface area contributed by atoms with Crippen molar-refractivity contribution in [3.63, 3.8) is 0 Å². The molecule has 0 aromatic heterocycles. The maximum Gasteiger partial charge on any atom is 0.338 e. The van der Waals surface area contributed by atoms with Gasteiger partial charge in [-0.05, 0) is 38.4 Å². The second kappa shape index (κ2) is 7.66. The number of rotatable bonds is 4. The minimum absolute atomic E-state index is 0. The van der Waals surface area contributed by atoms with Crippen LogP contribution in [0.15, 0.2) is 24.3 Å². The molecule has 4 nitrogen and oxygen atoms in total. The fraction of sp³-hybridized carbons (Fsp3) is 0.333. The average molecular weight is 255 g/mol. The fourth-order valence-electron chi connectivity index (χ4n) is 1.09. The van der Waals surface area contributed by atoms with Gasteiger partial charge in [0.2, 0.25) is 0 Å². The van der Waals surface area contributed by atoms with E-state index in [1.165, 1.54) is 0 Å². The monoisotopic (exact) mass is 254 g/mol. The lowest BCUT2D eigenvalue weighted by atomic mass is 10.1. The Morgan fingerprint density at radius 1 is 1.35 bits per heavy atom. The highest BCUT2D eigenvalue weighted by atomic mass is 35.5. The Hall–Kier alpha value is -1.57. The third-order valence-corrected chi connectivity index (χ3v) is 2.02. The molecule has 1 aromatic carbocycles. The first-order valence-corrected chi connectivity index (χ1v) is 4.95. The van der Waals surface area contributed by atoms with E-state index < -0.39 is 0 Å². The molecular formula is C12H15ClN2O2. The maximum atomic E-state index is 11.5. The van der Waals surface area contributed by atoms with Crippen molar-refractivity contribution in [2.75, 3.05) is 27.2 Å². The number of halogens is 1. The van der Waals surface area contributed by atoms with Crippen molar-refractivity contribution in [3.05, 3.63) is 35.4 Å². The highest BCUT2D eigenvalue weighted by molar-refractivity contribution is 5.89. The number of ether oxygens (including phenoxy) is 1. The lowest BCUT2D eigenvalue weighted by Crippen LogP contribution is -2.20. The Morgan fingerprint density at radius 3 is 2.41 bits per heavy atom.